The topological polar surface area (TPSA) is 82.5 Å². The third kappa shape index (κ3) is 4.36. The molecule has 0 spiro atoms. The Morgan fingerprint density at radius 2 is 1.97 bits per heavy atom. The van der Waals surface area contributed by atoms with Gasteiger partial charge in [-0.3, -0.25) is 4.79 Å². The second-order valence-electron chi connectivity index (χ2n) is 7.41. The molecule has 0 bridgehead atoms. The second kappa shape index (κ2) is 8.67. The molecular formula is C23H23N3O3S. The molecule has 1 aromatic heterocycles. The minimum atomic E-state index is -0.936. The van der Waals surface area contributed by atoms with Crippen LogP contribution in [0.25, 0.3) is 10.6 Å². The molecule has 2 aromatic carbocycles. The molecule has 0 aliphatic carbocycles. The Bertz CT molecular complexity index is 1060. The number of rotatable bonds is 5. The van der Waals surface area contributed by atoms with Gasteiger partial charge >= 0.3 is 5.97 Å². The van der Waals surface area contributed by atoms with Gasteiger partial charge in [0.05, 0.1) is 11.3 Å². The van der Waals surface area contributed by atoms with E-state index in [0.29, 0.717) is 11.4 Å². The van der Waals surface area contributed by atoms with Crippen LogP contribution in [0.5, 0.6) is 0 Å². The number of hydrogen-bond acceptors (Lipinski definition) is 5. The zero-order valence-electron chi connectivity index (χ0n) is 16.7. The summed E-state index contributed by atoms with van der Waals surface area (Å²) >= 11 is 1.41. The van der Waals surface area contributed by atoms with E-state index in [0.717, 1.165) is 41.3 Å². The number of nitrogens with one attached hydrogen (secondary N) is 1. The van der Waals surface area contributed by atoms with Gasteiger partial charge in [0.2, 0.25) is 0 Å². The first-order valence-corrected chi connectivity index (χ1v) is 10.7. The first-order valence-electron chi connectivity index (χ1n) is 9.93. The lowest BCUT2D eigenvalue weighted by Crippen LogP contribution is -2.47. The van der Waals surface area contributed by atoms with Crippen molar-refractivity contribution >= 4 is 28.9 Å². The Kier molecular flexibility index (Phi) is 5.81. The van der Waals surface area contributed by atoms with Crippen LogP contribution >= 0.6 is 11.3 Å². The van der Waals surface area contributed by atoms with E-state index in [4.69, 9.17) is 0 Å². The molecule has 2 heterocycles. The lowest BCUT2D eigenvalue weighted by atomic mass is 10.0. The number of carboxylic acids is 1. The van der Waals surface area contributed by atoms with Crippen molar-refractivity contribution in [2.45, 2.75) is 25.8 Å². The molecule has 2 N–H and O–H groups in total. The summed E-state index contributed by atoms with van der Waals surface area (Å²) in [5, 5.41) is 13.2. The molecular weight excluding hydrogens is 398 g/mol. The molecule has 1 aliphatic rings. The molecule has 1 atom stereocenters. The van der Waals surface area contributed by atoms with Crippen molar-refractivity contribution < 1.29 is 14.7 Å². The summed E-state index contributed by atoms with van der Waals surface area (Å²) in [6, 6.07) is 16.8. The first kappa shape index (κ1) is 20.1. The van der Waals surface area contributed by atoms with Crippen molar-refractivity contribution in [1.29, 1.82) is 0 Å². The quantitative estimate of drug-likeness (QED) is 0.645. The number of carbonyl (C=O) groups is 2. The zero-order chi connectivity index (χ0) is 21.1. The Morgan fingerprint density at radius 1 is 1.17 bits per heavy atom. The molecule has 154 valence electrons. The molecule has 1 fully saturated rings. The Morgan fingerprint density at radius 3 is 2.73 bits per heavy atom. The number of anilines is 1. The van der Waals surface area contributed by atoms with Gasteiger partial charge < -0.3 is 15.3 Å². The van der Waals surface area contributed by atoms with Crippen molar-refractivity contribution in [3.8, 4) is 10.6 Å². The molecule has 4 rings (SSSR count). The minimum Gasteiger partial charge on any atom is -0.478 e. The van der Waals surface area contributed by atoms with Gasteiger partial charge in [0.15, 0.2) is 0 Å². The number of aromatic carboxylic acids is 1. The summed E-state index contributed by atoms with van der Waals surface area (Å²) in [6.07, 6.45) is 1.82. The number of hydrogen-bond donors (Lipinski definition) is 2. The molecule has 1 aliphatic heterocycles. The smallest absolute Gasteiger partial charge is 0.335 e. The molecule has 0 saturated carbocycles. The monoisotopic (exact) mass is 421 g/mol. The Hall–Kier alpha value is -3.19. The minimum absolute atomic E-state index is 0.00131. The number of benzene rings is 2. The van der Waals surface area contributed by atoms with E-state index in [-0.39, 0.29) is 17.5 Å². The summed E-state index contributed by atoms with van der Waals surface area (Å²) in [4.78, 5) is 31.5. The number of thiazole rings is 1. The number of amides is 1. The lowest BCUT2D eigenvalue weighted by molar-refractivity contribution is 0.0696. The normalized spacial score (nSPS) is 16.3. The van der Waals surface area contributed by atoms with Gasteiger partial charge in [0, 0.05) is 30.4 Å². The second-order valence-corrected chi connectivity index (χ2v) is 8.41. The molecule has 7 heteroatoms. The molecule has 6 nitrogen and oxygen atoms in total. The maximum atomic E-state index is 12.9. The predicted octanol–water partition coefficient (Wildman–Crippen LogP) is 4.22. The number of carboxylic acid groups (broad SMARTS) is 1. The average Bonchev–Trinajstić information content (AvgIpc) is 3.16. The fourth-order valence-corrected chi connectivity index (χ4v) is 4.70. The van der Waals surface area contributed by atoms with Crippen LogP contribution in [0.1, 0.15) is 38.6 Å². The van der Waals surface area contributed by atoms with Gasteiger partial charge in [-0.1, -0.05) is 36.4 Å². The van der Waals surface area contributed by atoms with E-state index in [2.05, 4.69) is 15.2 Å². The van der Waals surface area contributed by atoms with E-state index in [1.54, 1.807) is 18.2 Å². The van der Waals surface area contributed by atoms with Crippen molar-refractivity contribution in [3.63, 3.8) is 0 Å². The van der Waals surface area contributed by atoms with Crippen LogP contribution in [-0.2, 0) is 0 Å². The molecule has 30 heavy (non-hydrogen) atoms. The van der Waals surface area contributed by atoms with E-state index in [1.165, 1.54) is 11.3 Å². The van der Waals surface area contributed by atoms with E-state index >= 15 is 0 Å². The summed E-state index contributed by atoms with van der Waals surface area (Å²) in [6.45, 7) is 3.35. The van der Waals surface area contributed by atoms with Gasteiger partial charge in [-0.2, -0.15) is 0 Å². The van der Waals surface area contributed by atoms with Crippen molar-refractivity contribution in [2.24, 2.45) is 0 Å². The predicted molar refractivity (Wildman–Crippen MR) is 118 cm³/mol. The number of nitrogens with zero attached hydrogens (tertiary/aromatic N) is 2. The maximum Gasteiger partial charge on any atom is 0.335 e. The number of piperidine rings is 1. The molecule has 3 aromatic rings. The van der Waals surface area contributed by atoms with Crippen LogP contribution in [0.15, 0.2) is 54.6 Å². The van der Waals surface area contributed by atoms with E-state index in [1.807, 2.05) is 43.3 Å². The zero-order valence-corrected chi connectivity index (χ0v) is 17.5. The highest BCUT2D eigenvalue weighted by molar-refractivity contribution is 7.17. The van der Waals surface area contributed by atoms with Crippen molar-refractivity contribution in [1.82, 2.24) is 10.3 Å². The van der Waals surface area contributed by atoms with Crippen LogP contribution in [0.4, 0.5) is 5.69 Å². The lowest BCUT2D eigenvalue weighted by Gasteiger charge is -2.34. The summed E-state index contributed by atoms with van der Waals surface area (Å²) < 4.78 is 0. The van der Waals surface area contributed by atoms with Crippen LogP contribution < -0.4 is 10.2 Å². The Labute approximate surface area is 179 Å². The van der Waals surface area contributed by atoms with E-state index < -0.39 is 5.97 Å². The van der Waals surface area contributed by atoms with Crippen LogP contribution in [0, 0.1) is 6.92 Å². The highest BCUT2D eigenvalue weighted by Crippen LogP contribution is 2.28. The average molecular weight is 422 g/mol. The highest BCUT2D eigenvalue weighted by Gasteiger charge is 2.24. The largest absolute Gasteiger partial charge is 0.478 e. The van der Waals surface area contributed by atoms with Gasteiger partial charge in [-0.05, 0) is 38.0 Å². The summed E-state index contributed by atoms with van der Waals surface area (Å²) in [5.74, 6) is -1.04. The van der Waals surface area contributed by atoms with E-state index in [9.17, 15) is 14.7 Å². The van der Waals surface area contributed by atoms with Crippen LogP contribution in [0.2, 0.25) is 0 Å². The summed E-state index contributed by atoms with van der Waals surface area (Å²) in [5.41, 5.74) is 2.88. The standard InChI is InChI=1S/C23H23N3O3S/c1-15-20(30-22(24-15)16-7-3-2-4-8-16)21(27)25-18-10-6-12-26(14-18)19-11-5-9-17(13-19)23(28)29/h2-5,7-9,11,13,18H,6,10,12,14H2,1H3,(H,25,27)(H,28,29)/t18-/m0/s1. The van der Waals surface area contributed by atoms with Gasteiger partial charge in [-0.15, -0.1) is 11.3 Å². The van der Waals surface area contributed by atoms with Crippen molar-refractivity contribution in [2.75, 3.05) is 18.0 Å². The van der Waals surface area contributed by atoms with Gasteiger partial charge in [0.25, 0.3) is 5.91 Å². The number of carbonyl (C=O) groups excluding carboxylic acids is 1. The SMILES string of the molecule is Cc1nc(-c2ccccc2)sc1C(=O)N[C@H]1CCCN(c2cccc(C(=O)O)c2)C1. The van der Waals surface area contributed by atoms with Gasteiger partial charge in [0.1, 0.15) is 9.88 Å². The Balaban J connectivity index is 1.46. The third-order valence-electron chi connectivity index (χ3n) is 5.24. The summed E-state index contributed by atoms with van der Waals surface area (Å²) in [7, 11) is 0. The fourth-order valence-electron chi connectivity index (χ4n) is 3.73. The highest BCUT2D eigenvalue weighted by atomic mass is 32.1. The van der Waals surface area contributed by atoms with Crippen molar-refractivity contribution in [3.05, 3.63) is 70.7 Å². The van der Waals surface area contributed by atoms with Gasteiger partial charge in [-0.25, -0.2) is 9.78 Å². The van der Waals surface area contributed by atoms with Crippen LogP contribution in [-0.4, -0.2) is 41.1 Å². The number of aromatic nitrogens is 1. The molecule has 1 amide bonds. The fraction of sp³-hybridized carbons (Fsp3) is 0.261. The molecule has 1 saturated heterocycles. The molecule has 0 unspecified atom stereocenters. The third-order valence-corrected chi connectivity index (χ3v) is 6.44. The number of aryl methyl sites for hydroxylation is 1. The first-order chi connectivity index (χ1) is 14.5. The van der Waals surface area contributed by atoms with Crippen LogP contribution in [0.3, 0.4) is 0 Å². The molecule has 0 radical (unpaired) electrons. The maximum absolute atomic E-state index is 12.9.